The Morgan fingerprint density at radius 2 is 1.85 bits per heavy atom. The Balaban J connectivity index is 1.53. The topological polar surface area (TPSA) is 61.4 Å². The van der Waals surface area contributed by atoms with Gasteiger partial charge in [0.25, 0.3) is 0 Å². The summed E-state index contributed by atoms with van der Waals surface area (Å²) in [6.07, 6.45) is 1.80. The van der Waals surface area contributed by atoms with Crippen LogP contribution in [0.1, 0.15) is 26.6 Å². The molecule has 7 heteroatoms. The van der Waals surface area contributed by atoms with E-state index in [1.165, 1.54) is 6.07 Å². The summed E-state index contributed by atoms with van der Waals surface area (Å²) in [5, 5.41) is 2.63. The van der Waals surface area contributed by atoms with Crippen molar-refractivity contribution < 1.29 is 9.18 Å². The standard InChI is InChI=1S/C20H26FN5O/c1-20(2,3)19-22-9-8-17(24-19)26-12-10-25(11-13-26)14-18(27)23-16-7-5-4-6-15(16)21/h4-9H,10-14H2,1-3H3,(H,23,27). The highest BCUT2D eigenvalue weighted by molar-refractivity contribution is 5.92. The Hall–Kier alpha value is -2.54. The minimum absolute atomic E-state index is 0.0946. The molecule has 1 fully saturated rings. The van der Waals surface area contributed by atoms with Crippen LogP contribution in [0.3, 0.4) is 0 Å². The Morgan fingerprint density at radius 1 is 1.15 bits per heavy atom. The molecule has 0 spiro atoms. The summed E-state index contributed by atoms with van der Waals surface area (Å²) < 4.78 is 13.6. The number of rotatable bonds is 4. The molecule has 2 aromatic rings. The highest BCUT2D eigenvalue weighted by Gasteiger charge is 2.22. The van der Waals surface area contributed by atoms with Crippen LogP contribution in [0.4, 0.5) is 15.9 Å². The summed E-state index contributed by atoms with van der Waals surface area (Å²) >= 11 is 0. The van der Waals surface area contributed by atoms with E-state index in [0.717, 1.165) is 37.8 Å². The SMILES string of the molecule is CC(C)(C)c1nccc(N2CCN(CC(=O)Nc3ccccc3F)CC2)n1. The van der Waals surface area contributed by atoms with Crippen molar-refractivity contribution in [2.45, 2.75) is 26.2 Å². The highest BCUT2D eigenvalue weighted by Crippen LogP contribution is 2.21. The molecule has 0 unspecified atom stereocenters. The molecule has 0 radical (unpaired) electrons. The lowest BCUT2D eigenvalue weighted by molar-refractivity contribution is -0.117. The molecule has 3 rings (SSSR count). The minimum Gasteiger partial charge on any atom is -0.354 e. The zero-order valence-corrected chi connectivity index (χ0v) is 16.1. The number of para-hydroxylation sites is 1. The predicted octanol–water partition coefficient (Wildman–Crippen LogP) is 2.67. The van der Waals surface area contributed by atoms with Gasteiger partial charge in [-0.2, -0.15) is 0 Å². The van der Waals surface area contributed by atoms with Crippen molar-refractivity contribution in [3.8, 4) is 0 Å². The van der Waals surface area contributed by atoms with Gasteiger partial charge in [-0.3, -0.25) is 9.69 Å². The molecule has 1 N–H and O–H groups in total. The summed E-state index contributed by atoms with van der Waals surface area (Å²) in [5.41, 5.74) is 0.125. The van der Waals surface area contributed by atoms with E-state index in [1.807, 2.05) is 6.07 Å². The number of hydrogen-bond donors (Lipinski definition) is 1. The second-order valence-electron chi connectivity index (χ2n) is 7.78. The lowest BCUT2D eigenvalue weighted by Crippen LogP contribution is -2.49. The van der Waals surface area contributed by atoms with Gasteiger partial charge in [0.15, 0.2) is 0 Å². The third kappa shape index (κ3) is 5.01. The molecule has 0 aliphatic carbocycles. The van der Waals surface area contributed by atoms with Gasteiger partial charge in [-0.1, -0.05) is 32.9 Å². The number of aromatic nitrogens is 2. The van der Waals surface area contributed by atoms with Gasteiger partial charge in [-0.15, -0.1) is 0 Å². The van der Waals surface area contributed by atoms with Gasteiger partial charge in [0.1, 0.15) is 17.5 Å². The van der Waals surface area contributed by atoms with Gasteiger partial charge in [0.2, 0.25) is 5.91 Å². The number of amides is 1. The molecule has 1 aromatic heterocycles. The fraction of sp³-hybridized carbons (Fsp3) is 0.450. The molecular weight excluding hydrogens is 345 g/mol. The van der Waals surface area contributed by atoms with Gasteiger partial charge in [0, 0.05) is 37.8 Å². The summed E-state index contributed by atoms with van der Waals surface area (Å²) in [6.45, 7) is 9.61. The molecule has 1 saturated heterocycles. The maximum absolute atomic E-state index is 13.6. The van der Waals surface area contributed by atoms with Gasteiger partial charge in [-0.25, -0.2) is 14.4 Å². The van der Waals surface area contributed by atoms with Crippen molar-refractivity contribution >= 4 is 17.4 Å². The van der Waals surface area contributed by atoms with Crippen LogP contribution >= 0.6 is 0 Å². The van der Waals surface area contributed by atoms with Crippen molar-refractivity contribution in [1.82, 2.24) is 14.9 Å². The average Bonchev–Trinajstić information content (AvgIpc) is 2.64. The van der Waals surface area contributed by atoms with Crippen molar-refractivity contribution in [3.63, 3.8) is 0 Å². The number of anilines is 2. The number of nitrogens with one attached hydrogen (secondary N) is 1. The highest BCUT2D eigenvalue weighted by atomic mass is 19.1. The van der Waals surface area contributed by atoms with E-state index >= 15 is 0 Å². The maximum Gasteiger partial charge on any atom is 0.238 e. The van der Waals surface area contributed by atoms with Crippen LogP contribution < -0.4 is 10.2 Å². The van der Waals surface area contributed by atoms with Gasteiger partial charge >= 0.3 is 0 Å². The fourth-order valence-electron chi connectivity index (χ4n) is 2.98. The van der Waals surface area contributed by atoms with Crippen LogP contribution in [-0.4, -0.2) is 53.5 Å². The Bertz CT molecular complexity index is 797. The first-order valence-corrected chi connectivity index (χ1v) is 9.18. The molecule has 0 saturated carbocycles. The number of carbonyl (C=O) groups excluding carboxylic acids is 1. The molecule has 0 atom stereocenters. The first-order chi connectivity index (χ1) is 12.8. The van der Waals surface area contributed by atoms with Crippen LogP contribution in [-0.2, 0) is 10.2 Å². The first kappa shape index (κ1) is 19.2. The largest absolute Gasteiger partial charge is 0.354 e. The first-order valence-electron chi connectivity index (χ1n) is 9.18. The van der Waals surface area contributed by atoms with E-state index in [0.29, 0.717) is 0 Å². The predicted molar refractivity (Wildman–Crippen MR) is 104 cm³/mol. The van der Waals surface area contributed by atoms with Gasteiger partial charge < -0.3 is 10.2 Å². The normalized spacial score (nSPS) is 15.6. The molecule has 1 amide bonds. The summed E-state index contributed by atoms with van der Waals surface area (Å²) in [4.78, 5) is 25.5. The van der Waals surface area contributed by atoms with Crippen molar-refractivity contribution in [2.75, 3.05) is 42.9 Å². The maximum atomic E-state index is 13.6. The van der Waals surface area contributed by atoms with E-state index < -0.39 is 5.82 Å². The molecule has 1 aliphatic heterocycles. The van der Waals surface area contributed by atoms with E-state index in [-0.39, 0.29) is 23.6 Å². The summed E-state index contributed by atoms with van der Waals surface area (Å²) in [5.74, 6) is 1.12. The number of hydrogen-bond acceptors (Lipinski definition) is 5. The third-order valence-electron chi connectivity index (χ3n) is 4.52. The molecular formula is C20H26FN5O. The van der Waals surface area contributed by atoms with Crippen LogP contribution in [0.25, 0.3) is 0 Å². The van der Waals surface area contributed by atoms with Crippen LogP contribution in [0, 0.1) is 5.82 Å². The van der Waals surface area contributed by atoms with E-state index in [9.17, 15) is 9.18 Å². The van der Waals surface area contributed by atoms with E-state index in [1.54, 1.807) is 24.4 Å². The second-order valence-corrected chi connectivity index (χ2v) is 7.78. The number of halogens is 1. The lowest BCUT2D eigenvalue weighted by Gasteiger charge is -2.35. The lowest BCUT2D eigenvalue weighted by atomic mass is 9.96. The Kier molecular flexibility index (Phi) is 5.70. The fourth-order valence-corrected chi connectivity index (χ4v) is 2.98. The van der Waals surface area contributed by atoms with Crippen molar-refractivity contribution in [3.05, 3.63) is 48.2 Å². The molecule has 0 bridgehead atoms. The molecule has 27 heavy (non-hydrogen) atoms. The quantitative estimate of drug-likeness (QED) is 0.895. The number of carbonyl (C=O) groups is 1. The summed E-state index contributed by atoms with van der Waals surface area (Å²) in [6, 6.07) is 8.12. The molecule has 144 valence electrons. The van der Waals surface area contributed by atoms with E-state index in [2.05, 4.69) is 40.9 Å². The van der Waals surface area contributed by atoms with Gasteiger partial charge in [-0.05, 0) is 18.2 Å². The van der Waals surface area contributed by atoms with Gasteiger partial charge in [0.05, 0.1) is 12.2 Å². The molecule has 6 nitrogen and oxygen atoms in total. The number of piperazine rings is 1. The number of benzene rings is 1. The molecule has 1 aliphatic rings. The minimum atomic E-state index is -0.422. The zero-order valence-electron chi connectivity index (χ0n) is 16.1. The smallest absolute Gasteiger partial charge is 0.238 e. The van der Waals surface area contributed by atoms with Crippen molar-refractivity contribution in [1.29, 1.82) is 0 Å². The Labute approximate surface area is 159 Å². The van der Waals surface area contributed by atoms with Crippen LogP contribution in [0.5, 0.6) is 0 Å². The second kappa shape index (κ2) is 8.00. The Morgan fingerprint density at radius 3 is 2.52 bits per heavy atom. The van der Waals surface area contributed by atoms with Crippen molar-refractivity contribution in [2.24, 2.45) is 0 Å². The molecule has 1 aromatic carbocycles. The van der Waals surface area contributed by atoms with E-state index in [4.69, 9.17) is 4.98 Å². The average molecular weight is 371 g/mol. The summed E-state index contributed by atoms with van der Waals surface area (Å²) in [7, 11) is 0. The number of nitrogens with zero attached hydrogens (tertiary/aromatic N) is 4. The van der Waals surface area contributed by atoms with Crippen LogP contribution in [0.2, 0.25) is 0 Å². The van der Waals surface area contributed by atoms with Crippen LogP contribution in [0.15, 0.2) is 36.5 Å². The monoisotopic (exact) mass is 371 g/mol. The molecule has 2 heterocycles. The zero-order chi connectivity index (χ0) is 19.4. The third-order valence-corrected chi connectivity index (χ3v) is 4.52.